The van der Waals surface area contributed by atoms with Gasteiger partial charge in [0.1, 0.15) is 18.7 Å². The fourth-order valence-corrected chi connectivity index (χ4v) is 4.81. The van der Waals surface area contributed by atoms with Gasteiger partial charge >= 0.3 is 6.09 Å². The molecule has 1 aliphatic heterocycles. The molecular weight excluding hydrogens is 524 g/mol. The molecule has 0 saturated carbocycles. The van der Waals surface area contributed by atoms with Gasteiger partial charge in [-0.15, -0.1) is 0 Å². The maximum absolute atomic E-state index is 13.6. The summed E-state index contributed by atoms with van der Waals surface area (Å²) in [6.45, 7) is 7.89. The van der Waals surface area contributed by atoms with Gasteiger partial charge in [0.25, 0.3) is 5.91 Å². The van der Waals surface area contributed by atoms with Gasteiger partial charge < -0.3 is 30.7 Å². The zero-order valence-electron chi connectivity index (χ0n) is 24.2. The highest BCUT2D eigenvalue weighted by atomic mass is 16.5. The topological polar surface area (TPSA) is 137 Å². The largest absolute Gasteiger partial charge is 0.445 e. The van der Waals surface area contributed by atoms with E-state index in [1.807, 2.05) is 74.5 Å². The number of rotatable bonds is 12. The van der Waals surface area contributed by atoms with Crippen LogP contribution < -0.4 is 16.0 Å². The smallest absolute Gasteiger partial charge is 0.408 e. The van der Waals surface area contributed by atoms with Crippen molar-refractivity contribution in [1.29, 1.82) is 0 Å². The monoisotopic (exact) mass is 566 g/mol. The van der Waals surface area contributed by atoms with Crippen LogP contribution in [0.15, 0.2) is 60.7 Å². The average molecular weight is 567 g/mol. The van der Waals surface area contributed by atoms with Crippen molar-refractivity contribution in [2.75, 3.05) is 6.54 Å². The SMILES string of the molecule is CC(C)C(NC(=O)OCc1ccccc1)C(=O)N1CCCC1C(=O)NC(C(C)C)C(O)C(=O)NCc1ccccc1. The second kappa shape index (κ2) is 15.2. The molecule has 4 amide bonds. The molecule has 1 aliphatic rings. The molecule has 0 aliphatic carbocycles. The summed E-state index contributed by atoms with van der Waals surface area (Å²) in [6, 6.07) is 16.0. The Balaban J connectivity index is 1.61. The molecule has 10 nitrogen and oxygen atoms in total. The maximum atomic E-state index is 13.6. The molecule has 1 saturated heterocycles. The number of ether oxygens (including phenoxy) is 1. The molecule has 10 heteroatoms. The van der Waals surface area contributed by atoms with Gasteiger partial charge in [0.15, 0.2) is 6.10 Å². The zero-order chi connectivity index (χ0) is 29.9. The van der Waals surface area contributed by atoms with Gasteiger partial charge in [-0.2, -0.15) is 0 Å². The lowest BCUT2D eigenvalue weighted by Crippen LogP contribution is -2.59. The Labute approximate surface area is 241 Å². The highest BCUT2D eigenvalue weighted by Gasteiger charge is 2.40. The lowest BCUT2D eigenvalue weighted by atomic mass is 9.97. The first-order chi connectivity index (χ1) is 19.6. The van der Waals surface area contributed by atoms with Crippen LogP contribution >= 0.6 is 0 Å². The molecule has 1 fully saturated rings. The van der Waals surface area contributed by atoms with Crippen LogP contribution in [0.4, 0.5) is 4.79 Å². The van der Waals surface area contributed by atoms with Crippen LogP contribution in [0, 0.1) is 11.8 Å². The first-order valence-corrected chi connectivity index (χ1v) is 14.2. The van der Waals surface area contributed by atoms with Gasteiger partial charge in [0.05, 0.1) is 6.04 Å². The summed E-state index contributed by atoms with van der Waals surface area (Å²) in [5.41, 5.74) is 1.71. The van der Waals surface area contributed by atoms with E-state index >= 15 is 0 Å². The fourth-order valence-electron chi connectivity index (χ4n) is 4.81. The van der Waals surface area contributed by atoms with Crippen LogP contribution in [0.25, 0.3) is 0 Å². The van der Waals surface area contributed by atoms with E-state index in [-0.39, 0.29) is 30.9 Å². The van der Waals surface area contributed by atoms with E-state index in [4.69, 9.17) is 4.74 Å². The van der Waals surface area contributed by atoms with Crippen LogP contribution in [0.3, 0.4) is 0 Å². The Morgan fingerprint density at radius 2 is 1.51 bits per heavy atom. The van der Waals surface area contributed by atoms with Crippen LogP contribution in [-0.2, 0) is 32.3 Å². The van der Waals surface area contributed by atoms with Gasteiger partial charge in [-0.3, -0.25) is 14.4 Å². The van der Waals surface area contributed by atoms with Crippen molar-refractivity contribution in [2.24, 2.45) is 11.8 Å². The molecule has 2 aromatic rings. The summed E-state index contributed by atoms with van der Waals surface area (Å²) < 4.78 is 5.31. The van der Waals surface area contributed by atoms with Crippen molar-refractivity contribution >= 4 is 23.8 Å². The third kappa shape index (κ3) is 9.04. The summed E-state index contributed by atoms with van der Waals surface area (Å²) in [6.07, 6.45) is -1.15. The number of carbonyl (C=O) groups is 4. The zero-order valence-corrected chi connectivity index (χ0v) is 24.2. The summed E-state index contributed by atoms with van der Waals surface area (Å²) >= 11 is 0. The minimum atomic E-state index is -1.47. The van der Waals surface area contributed by atoms with Crippen molar-refractivity contribution in [3.8, 4) is 0 Å². The molecule has 4 atom stereocenters. The first kappa shape index (κ1) is 31.6. The Hall–Kier alpha value is -3.92. The van der Waals surface area contributed by atoms with Gasteiger partial charge in [0.2, 0.25) is 11.8 Å². The Kier molecular flexibility index (Phi) is 11.7. The minimum absolute atomic E-state index is 0.0677. The van der Waals surface area contributed by atoms with Crippen molar-refractivity contribution < 1.29 is 29.0 Å². The number of aliphatic hydroxyl groups excluding tert-OH is 1. The molecule has 3 rings (SSSR count). The predicted molar refractivity (Wildman–Crippen MR) is 154 cm³/mol. The second-order valence-corrected chi connectivity index (χ2v) is 11.0. The lowest BCUT2D eigenvalue weighted by molar-refractivity contribution is -0.142. The van der Waals surface area contributed by atoms with Crippen LogP contribution in [0.5, 0.6) is 0 Å². The molecule has 0 spiro atoms. The number of hydrogen-bond acceptors (Lipinski definition) is 6. The Morgan fingerprint density at radius 3 is 2.10 bits per heavy atom. The predicted octanol–water partition coefficient (Wildman–Crippen LogP) is 2.75. The standard InChI is InChI=1S/C31H42N4O6/c1-20(2)25(27(36)29(38)32-18-22-12-7-5-8-13-22)33-28(37)24-16-11-17-35(24)30(39)26(21(3)4)34-31(40)41-19-23-14-9-6-10-15-23/h5-10,12-15,20-21,24-27,36H,11,16-19H2,1-4H3,(H,32,38)(H,33,37)(H,34,40). The maximum Gasteiger partial charge on any atom is 0.408 e. The number of nitrogens with one attached hydrogen (secondary N) is 3. The summed E-state index contributed by atoms with van der Waals surface area (Å²) in [4.78, 5) is 53.7. The number of carbonyl (C=O) groups excluding carboxylic acids is 4. The van der Waals surface area contributed by atoms with E-state index < -0.39 is 42.1 Å². The van der Waals surface area contributed by atoms with E-state index in [0.717, 1.165) is 11.1 Å². The highest BCUT2D eigenvalue weighted by Crippen LogP contribution is 2.21. The molecule has 0 radical (unpaired) electrons. The third-order valence-corrected chi connectivity index (χ3v) is 7.20. The molecule has 222 valence electrons. The number of nitrogens with zero attached hydrogens (tertiary/aromatic N) is 1. The quantitative estimate of drug-likeness (QED) is 0.312. The molecule has 0 aromatic heterocycles. The molecule has 2 aromatic carbocycles. The van der Waals surface area contributed by atoms with Crippen LogP contribution in [-0.4, -0.2) is 64.6 Å². The van der Waals surface area contributed by atoms with Gasteiger partial charge in [-0.25, -0.2) is 4.79 Å². The lowest BCUT2D eigenvalue weighted by Gasteiger charge is -2.32. The Morgan fingerprint density at radius 1 is 0.902 bits per heavy atom. The summed E-state index contributed by atoms with van der Waals surface area (Å²) in [5, 5.41) is 19.0. The molecule has 4 N–H and O–H groups in total. The molecule has 1 heterocycles. The number of amides is 4. The fraction of sp³-hybridized carbons (Fsp3) is 0.484. The average Bonchev–Trinajstić information content (AvgIpc) is 3.46. The normalized spacial score (nSPS) is 17.0. The van der Waals surface area contributed by atoms with Crippen molar-refractivity contribution in [3.63, 3.8) is 0 Å². The van der Waals surface area contributed by atoms with Gasteiger partial charge in [-0.1, -0.05) is 88.4 Å². The first-order valence-electron chi connectivity index (χ1n) is 14.2. The van der Waals surface area contributed by atoms with E-state index in [0.29, 0.717) is 19.4 Å². The third-order valence-electron chi connectivity index (χ3n) is 7.20. The van der Waals surface area contributed by atoms with Crippen molar-refractivity contribution in [2.45, 2.75) is 77.9 Å². The van der Waals surface area contributed by atoms with Crippen molar-refractivity contribution in [3.05, 3.63) is 71.8 Å². The molecule has 41 heavy (non-hydrogen) atoms. The number of alkyl carbamates (subject to hydrolysis) is 1. The molecular formula is C31H42N4O6. The number of likely N-dealkylation sites (tertiary alicyclic amines) is 1. The number of aliphatic hydroxyl groups is 1. The Bertz CT molecular complexity index is 1160. The van der Waals surface area contributed by atoms with Crippen LogP contribution in [0.1, 0.15) is 51.7 Å². The van der Waals surface area contributed by atoms with E-state index in [1.165, 1.54) is 4.90 Å². The number of hydrogen-bond donors (Lipinski definition) is 4. The minimum Gasteiger partial charge on any atom is -0.445 e. The van der Waals surface area contributed by atoms with E-state index in [1.54, 1.807) is 13.8 Å². The second-order valence-electron chi connectivity index (χ2n) is 11.0. The van der Waals surface area contributed by atoms with Gasteiger partial charge in [0, 0.05) is 13.1 Å². The summed E-state index contributed by atoms with van der Waals surface area (Å²) in [7, 11) is 0. The number of benzene rings is 2. The molecule has 4 unspecified atom stereocenters. The van der Waals surface area contributed by atoms with Crippen molar-refractivity contribution in [1.82, 2.24) is 20.9 Å². The van der Waals surface area contributed by atoms with E-state index in [9.17, 15) is 24.3 Å². The van der Waals surface area contributed by atoms with E-state index in [2.05, 4.69) is 16.0 Å². The van der Waals surface area contributed by atoms with Gasteiger partial charge in [-0.05, 0) is 35.8 Å². The molecule has 0 bridgehead atoms. The summed E-state index contributed by atoms with van der Waals surface area (Å²) in [5.74, 6) is -1.93. The van der Waals surface area contributed by atoms with Crippen LogP contribution in [0.2, 0.25) is 0 Å². The highest BCUT2D eigenvalue weighted by molar-refractivity contribution is 5.92.